The minimum atomic E-state index is -0.350. The zero-order valence-electron chi connectivity index (χ0n) is 15.6. The number of thiocarbonyl (C=S) groups is 1. The van der Waals surface area contributed by atoms with Crippen molar-refractivity contribution in [3.8, 4) is 0 Å². The predicted octanol–water partition coefficient (Wildman–Crippen LogP) is 4.94. The van der Waals surface area contributed by atoms with Crippen molar-refractivity contribution in [3.63, 3.8) is 0 Å². The average Bonchev–Trinajstić information content (AvgIpc) is 2.98. The number of amides is 1. The van der Waals surface area contributed by atoms with Gasteiger partial charge in [-0.2, -0.15) is 0 Å². The number of thiophene rings is 1. The van der Waals surface area contributed by atoms with Gasteiger partial charge in [-0.1, -0.05) is 19.1 Å². The van der Waals surface area contributed by atoms with E-state index >= 15 is 0 Å². The Morgan fingerprint density at radius 3 is 2.82 bits per heavy atom. The molecular formula is C20H21BrN2O3S2. The fraction of sp³-hybridized carbons (Fsp3) is 0.350. The summed E-state index contributed by atoms with van der Waals surface area (Å²) in [6, 6.07) is 7.11. The predicted molar refractivity (Wildman–Crippen MR) is 119 cm³/mol. The summed E-state index contributed by atoms with van der Waals surface area (Å²) in [6.07, 6.45) is 2.82. The minimum Gasteiger partial charge on any atom is -0.462 e. The van der Waals surface area contributed by atoms with Crippen LogP contribution in [0.1, 0.15) is 51.4 Å². The maximum Gasteiger partial charge on any atom is 0.341 e. The highest BCUT2D eigenvalue weighted by Crippen LogP contribution is 2.40. The lowest BCUT2D eigenvalue weighted by Gasteiger charge is -2.18. The molecule has 0 saturated heterocycles. The molecule has 0 radical (unpaired) electrons. The molecule has 1 aliphatic carbocycles. The molecule has 2 aromatic rings. The summed E-state index contributed by atoms with van der Waals surface area (Å²) in [5.41, 5.74) is 2.08. The molecule has 148 valence electrons. The van der Waals surface area contributed by atoms with Crippen LogP contribution in [0.25, 0.3) is 0 Å². The molecule has 0 fully saturated rings. The molecule has 1 aromatic carbocycles. The van der Waals surface area contributed by atoms with E-state index in [0.717, 1.165) is 24.8 Å². The Morgan fingerprint density at radius 2 is 2.11 bits per heavy atom. The van der Waals surface area contributed by atoms with Gasteiger partial charge in [0, 0.05) is 9.35 Å². The van der Waals surface area contributed by atoms with Crippen LogP contribution in [0.4, 0.5) is 5.00 Å². The third-order valence-electron chi connectivity index (χ3n) is 4.56. The molecule has 1 aromatic heterocycles. The van der Waals surface area contributed by atoms with Crippen LogP contribution in [0.15, 0.2) is 28.7 Å². The van der Waals surface area contributed by atoms with Gasteiger partial charge in [0.05, 0.1) is 17.7 Å². The summed E-state index contributed by atoms with van der Waals surface area (Å²) in [5.74, 6) is -0.0919. The molecule has 1 aliphatic rings. The molecule has 0 aliphatic heterocycles. The van der Waals surface area contributed by atoms with E-state index in [1.54, 1.807) is 25.1 Å². The molecule has 1 atom stereocenters. The van der Waals surface area contributed by atoms with E-state index in [1.165, 1.54) is 16.2 Å². The van der Waals surface area contributed by atoms with Crippen molar-refractivity contribution < 1.29 is 14.3 Å². The van der Waals surface area contributed by atoms with Gasteiger partial charge >= 0.3 is 5.97 Å². The summed E-state index contributed by atoms with van der Waals surface area (Å²) < 4.78 is 5.94. The number of rotatable bonds is 4. The highest BCUT2D eigenvalue weighted by molar-refractivity contribution is 9.10. The van der Waals surface area contributed by atoms with Gasteiger partial charge in [-0.15, -0.1) is 11.3 Å². The van der Waals surface area contributed by atoms with E-state index in [1.807, 2.05) is 6.07 Å². The maximum atomic E-state index is 12.6. The third kappa shape index (κ3) is 4.61. The van der Waals surface area contributed by atoms with Gasteiger partial charge in [0.15, 0.2) is 5.11 Å². The molecule has 0 bridgehead atoms. The number of anilines is 1. The van der Waals surface area contributed by atoms with Crippen molar-refractivity contribution in [1.82, 2.24) is 5.32 Å². The number of ether oxygens (including phenoxy) is 1. The van der Waals surface area contributed by atoms with Crippen LogP contribution in [0, 0.1) is 5.92 Å². The van der Waals surface area contributed by atoms with Crippen molar-refractivity contribution in [2.24, 2.45) is 5.92 Å². The summed E-state index contributed by atoms with van der Waals surface area (Å²) in [7, 11) is 0. The summed E-state index contributed by atoms with van der Waals surface area (Å²) >= 11 is 10.2. The van der Waals surface area contributed by atoms with Crippen molar-refractivity contribution in [1.29, 1.82) is 0 Å². The van der Waals surface area contributed by atoms with E-state index < -0.39 is 0 Å². The number of hydrogen-bond acceptors (Lipinski definition) is 5. The highest BCUT2D eigenvalue weighted by Gasteiger charge is 2.29. The fourth-order valence-corrected chi connectivity index (χ4v) is 5.34. The van der Waals surface area contributed by atoms with E-state index in [0.29, 0.717) is 33.1 Å². The molecule has 3 rings (SSSR count). The van der Waals surface area contributed by atoms with Crippen LogP contribution in [-0.2, 0) is 17.6 Å². The Morgan fingerprint density at radius 1 is 1.36 bits per heavy atom. The number of esters is 1. The SMILES string of the molecule is CCOC(=O)c1c(NC(=S)NC(=O)c2ccccc2Br)sc2c1CC[C@@H](C)C2. The maximum absolute atomic E-state index is 12.6. The molecule has 1 amide bonds. The molecule has 5 nitrogen and oxygen atoms in total. The fourth-order valence-electron chi connectivity index (χ4n) is 3.21. The largest absolute Gasteiger partial charge is 0.462 e. The van der Waals surface area contributed by atoms with Crippen LogP contribution in [0.5, 0.6) is 0 Å². The number of fused-ring (bicyclic) bond motifs is 1. The Bertz CT molecular complexity index is 926. The van der Waals surface area contributed by atoms with E-state index in [9.17, 15) is 9.59 Å². The van der Waals surface area contributed by atoms with Crippen molar-refractivity contribution in [3.05, 3.63) is 50.3 Å². The van der Waals surface area contributed by atoms with Gasteiger partial charge in [-0.05, 0) is 77.9 Å². The Balaban J connectivity index is 1.81. The zero-order chi connectivity index (χ0) is 20.3. The number of halogens is 1. The first-order chi connectivity index (χ1) is 13.4. The van der Waals surface area contributed by atoms with Gasteiger partial charge in [0.25, 0.3) is 5.91 Å². The third-order valence-corrected chi connectivity index (χ3v) is 6.63. The number of carbonyl (C=O) groups is 2. The normalized spacial score (nSPS) is 15.5. The average molecular weight is 481 g/mol. The molecule has 2 N–H and O–H groups in total. The lowest BCUT2D eigenvalue weighted by molar-refractivity contribution is 0.0526. The minimum absolute atomic E-state index is 0.151. The van der Waals surface area contributed by atoms with Crippen LogP contribution >= 0.6 is 39.5 Å². The quantitative estimate of drug-likeness (QED) is 0.479. The summed E-state index contributed by atoms with van der Waals surface area (Å²) in [5, 5.41) is 6.51. The zero-order valence-corrected chi connectivity index (χ0v) is 18.9. The Hall–Kier alpha value is -1.77. The van der Waals surface area contributed by atoms with E-state index in [4.69, 9.17) is 17.0 Å². The van der Waals surface area contributed by atoms with Gasteiger partial charge in [-0.25, -0.2) is 4.79 Å². The first-order valence-corrected chi connectivity index (χ1v) is 11.1. The molecule has 0 spiro atoms. The monoisotopic (exact) mass is 480 g/mol. The van der Waals surface area contributed by atoms with Crippen LogP contribution in [0.3, 0.4) is 0 Å². The second kappa shape index (κ2) is 9.15. The molecule has 0 saturated carbocycles. The second-order valence-electron chi connectivity index (χ2n) is 6.66. The molecule has 1 heterocycles. The van der Waals surface area contributed by atoms with Gasteiger partial charge in [0.2, 0.25) is 0 Å². The highest BCUT2D eigenvalue weighted by atomic mass is 79.9. The molecular weight excluding hydrogens is 460 g/mol. The lowest BCUT2D eigenvalue weighted by Crippen LogP contribution is -2.34. The smallest absolute Gasteiger partial charge is 0.341 e. The second-order valence-corrected chi connectivity index (χ2v) is 9.03. The Kier molecular flexibility index (Phi) is 6.85. The number of nitrogens with one attached hydrogen (secondary N) is 2. The van der Waals surface area contributed by atoms with Crippen molar-refractivity contribution in [2.75, 3.05) is 11.9 Å². The first-order valence-electron chi connectivity index (χ1n) is 9.09. The Labute approximate surface area is 182 Å². The topological polar surface area (TPSA) is 67.4 Å². The lowest BCUT2D eigenvalue weighted by atomic mass is 9.88. The number of hydrogen-bond donors (Lipinski definition) is 2. The molecule has 28 heavy (non-hydrogen) atoms. The van der Waals surface area contributed by atoms with Gasteiger partial charge in [-0.3, -0.25) is 10.1 Å². The van der Waals surface area contributed by atoms with Crippen LogP contribution in [0.2, 0.25) is 0 Å². The first kappa shape index (κ1) is 21.0. The number of benzene rings is 1. The van der Waals surface area contributed by atoms with Gasteiger partial charge in [0.1, 0.15) is 5.00 Å². The van der Waals surface area contributed by atoms with E-state index in [-0.39, 0.29) is 17.0 Å². The number of carbonyl (C=O) groups excluding carboxylic acids is 2. The molecule has 8 heteroatoms. The van der Waals surface area contributed by atoms with Crippen LogP contribution < -0.4 is 10.6 Å². The molecule has 0 unspecified atom stereocenters. The van der Waals surface area contributed by atoms with Crippen molar-refractivity contribution >= 4 is 61.5 Å². The van der Waals surface area contributed by atoms with Crippen molar-refractivity contribution in [2.45, 2.75) is 33.1 Å². The van der Waals surface area contributed by atoms with E-state index in [2.05, 4.69) is 33.5 Å². The summed E-state index contributed by atoms with van der Waals surface area (Å²) in [4.78, 5) is 26.2. The summed E-state index contributed by atoms with van der Waals surface area (Å²) in [6.45, 7) is 4.30. The van der Waals surface area contributed by atoms with Crippen LogP contribution in [-0.4, -0.2) is 23.6 Å². The van der Waals surface area contributed by atoms with Gasteiger partial charge < -0.3 is 10.1 Å². The standard InChI is InChI=1S/C20H21BrN2O3S2/c1-3-26-19(25)16-13-9-8-11(2)10-15(13)28-18(16)23-20(27)22-17(24)12-6-4-5-7-14(12)21/h4-7,11H,3,8-10H2,1-2H3,(H2,22,23,24,27)/t11-/m1/s1.